The molecule has 6 N–H and O–H groups in total. The average Bonchev–Trinajstić information content (AvgIpc) is 3.28. The van der Waals surface area contributed by atoms with Crippen LogP contribution in [-0.2, 0) is 25.5 Å². The van der Waals surface area contributed by atoms with Gasteiger partial charge in [-0.05, 0) is 73.1 Å². The Kier molecular flexibility index (Phi) is 9.82. The predicted molar refractivity (Wildman–Crippen MR) is 162 cm³/mol. The second-order valence-corrected chi connectivity index (χ2v) is 11.5. The van der Waals surface area contributed by atoms with Crippen LogP contribution in [0.2, 0.25) is 0 Å². The van der Waals surface area contributed by atoms with Crippen LogP contribution >= 0.6 is 0 Å². The third-order valence-corrected chi connectivity index (χ3v) is 7.67. The van der Waals surface area contributed by atoms with E-state index in [9.17, 15) is 29.4 Å². The maximum absolute atomic E-state index is 13.1. The summed E-state index contributed by atoms with van der Waals surface area (Å²) in [7, 11) is 0. The highest BCUT2D eigenvalue weighted by atomic mass is 16.5. The number of amides is 2. The topological polar surface area (TPSA) is 168 Å². The van der Waals surface area contributed by atoms with E-state index in [-0.39, 0.29) is 31.4 Å². The first-order valence-electron chi connectivity index (χ1n) is 14.2. The van der Waals surface area contributed by atoms with Gasteiger partial charge in [0.15, 0.2) is 0 Å². The molecule has 0 radical (unpaired) electrons. The zero-order chi connectivity index (χ0) is 31.1. The van der Waals surface area contributed by atoms with Crippen molar-refractivity contribution in [1.82, 2.24) is 5.32 Å². The summed E-state index contributed by atoms with van der Waals surface area (Å²) in [5.41, 5.74) is 10.8. The van der Waals surface area contributed by atoms with E-state index in [1.54, 1.807) is 38.1 Å². The summed E-state index contributed by atoms with van der Waals surface area (Å²) in [6, 6.07) is 21.2. The van der Waals surface area contributed by atoms with Crippen molar-refractivity contribution in [3.05, 3.63) is 89.5 Å². The number of carbonyl (C=O) groups is 4. The zero-order valence-electron chi connectivity index (χ0n) is 24.2. The minimum Gasteiger partial charge on any atom is -0.481 e. The summed E-state index contributed by atoms with van der Waals surface area (Å²) in [6.45, 7) is 3.32. The third kappa shape index (κ3) is 7.98. The van der Waals surface area contributed by atoms with Crippen molar-refractivity contribution in [2.75, 3.05) is 11.9 Å². The van der Waals surface area contributed by atoms with Crippen LogP contribution in [-0.4, -0.2) is 52.8 Å². The lowest BCUT2D eigenvalue weighted by Gasteiger charge is -2.23. The van der Waals surface area contributed by atoms with Gasteiger partial charge in [-0.2, -0.15) is 0 Å². The van der Waals surface area contributed by atoms with Crippen molar-refractivity contribution < 1.29 is 34.1 Å². The molecule has 0 bridgehead atoms. The Bertz CT molecular complexity index is 1440. The van der Waals surface area contributed by atoms with Crippen molar-refractivity contribution in [3.63, 3.8) is 0 Å². The molecule has 0 heterocycles. The summed E-state index contributed by atoms with van der Waals surface area (Å²) in [5, 5.41) is 23.8. The van der Waals surface area contributed by atoms with Crippen LogP contribution in [0.5, 0.6) is 0 Å². The van der Waals surface area contributed by atoms with Gasteiger partial charge in [0.25, 0.3) is 0 Å². The molecule has 2 unspecified atom stereocenters. The Morgan fingerprint density at radius 2 is 1.49 bits per heavy atom. The van der Waals surface area contributed by atoms with Crippen molar-refractivity contribution in [1.29, 1.82) is 0 Å². The molecule has 0 saturated carbocycles. The van der Waals surface area contributed by atoms with E-state index in [1.165, 1.54) is 0 Å². The van der Waals surface area contributed by atoms with Crippen molar-refractivity contribution in [3.8, 4) is 11.1 Å². The lowest BCUT2D eigenvalue weighted by atomic mass is 9.84. The minimum atomic E-state index is -1.14. The van der Waals surface area contributed by atoms with Crippen molar-refractivity contribution >= 4 is 29.6 Å². The third-order valence-electron chi connectivity index (χ3n) is 7.67. The number of aliphatic carboxylic acids is 2. The number of alkyl carbamates (subject to hydrolysis) is 1. The van der Waals surface area contributed by atoms with Crippen LogP contribution in [0.15, 0.2) is 72.8 Å². The van der Waals surface area contributed by atoms with E-state index in [2.05, 4.69) is 10.6 Å². The largest absolute Gasteiger partial charge is 0.481 e. The number of carbonyl (C=O) groups excluding carboxylic acids is 2. The van der Waals surface area contributed by atoms with E-state index in [1.807, 2.05) is 48.5 Å². The van der Waals surface area contributed by atoms with E-state index < -0.39 is 35.4 Å². The monoisotopic (exact) mass is 587 g/mol. The van der Waals surface area contributed by atoms with Crippen molar-refractivity contribution in [2.24, 2.45) is 11.1 Å². The number of hydrogen-bond acceptors (Lipinski definition) is 6. The summed E-state index contributed by atoms with van der Waals surface area (Å²) in [6.07, 6.45) is -0.521. The number of rotatable bonds is 13. The van der Waals surface area contributed by atoms with E-state index in [4.69, 9.17) is 10.5 Å². The Morgan fingerprint density at radius 1 is 0.907 bits per heavy atom. The molecule has 1 aliphatic rings. The Hall–Kier alpha value is -4.70. The highest BCUT2D eigenvalue weighted by Gasteiger charge is 2.31. The molecule has 43 heavy (non-hydrogen) atoms. The van der Waals surface area contributed by atoms with Gasteiger partial charge in [0, 0.05) is 24.1 Å². The molecule has 2 amide bonds. The maximum Gasteiger partial charge on any atom is 0.407 e. The molecular formula is C33H37N3O7. The first-order valence-corrected chi connectivity index (χ1v) is 14.2. The molecule has 3 aromatic carbocycles. The Morgan fingerprint density at radius 3 is 2.05 bits per heavy atom. The molecule has 0 saturated heterocycles. The molecule has 0 aliphatic heterocycles. The molecule has 0 aromatic heterocycles. The van der Waals surface area contributed by atoms with Crippen LogP contribution in [0.4, 0.5) is 10.5 Å². The maximum atomic E-state index is 13.1. The molecule has 10 nitrogen and oxygen atoms in total. The fourth-order valence-corrected chi connectivity index (χ4v) is 5.39. The van der Waals surface area contributed by atoms with Crippen LogP contribution in [0.25, 0.3) is 11.1 Å². The summed E-state index contributed by atoms with van der Waals surface area (Å²) < 4.78 is 5.55. The van der Waals surface area contributed by atoms with Gasteiger partial charge in [-0.15, -0.1) is 0 Å². The fourth-order valence-electron chi connectivity index (χ4n) is 5.39. The van der Waals surface area contributed by atoms with E-state index in [0.29, 0.717) is 18.5 Å². The van der Waals surface area contributed by atoms with Gasteiger partial charge < -0.3 is 31.3 Å². The molecule has 1 aliphatic carbocycles. The number of carboxylic acid groups (broad SMARTS) is 2. The Labute approximate surface area is 250 Å². The number of fused-ring (bicyclic) bond motifs is 3. The summed E-state index contributed by atoms with van der Waals surface area (Å²) in [4.78, 5) is 48.5. The zero-order valence-corrected chi connectivity index (χ0v) is 24.2. The average molecular weight is 588 g/mol. The fraction of sp³-hybridized carbons (Fsp3) is 0.333. The quantitative estimate of drug-likeness (QED) is 0.191. The molecule has 4 rings (SSSR count). The van der Waals surface area contributed by atoms with Gasteiger partial charge in [-0.1, -0.05) is 60.7 Å². The van der Waals surface area contributed by atoms with Crippen molar-refractivity contribution in [2.45, 2.75) is 57.5 Å². The number of hydrogen-bond donors (Lipinski definition) is 5. The molecule has 226 valence electrons. The first kappa shape index (κ1) is 31.2. The second kappa shape index (κ2) is 13.5. The number of anilines is 1. The van der Waals surface area contributed by atoms with Crippen LogP contribution in [0, 0.1) is 5.41 Å². The van der Waals surface area contributed by atoms with Crippen LogP contribution in [0.1, 0.15) is 55.7 Å². The van der Waals surface area contributed by atoms with Gasteiger partial charge in [-0.25, -0.2) is 4.79 Å². The smallest absolute Gasteiger partial charge is 0.407 e. The van der Waals surface area contributed by atoms with Gasteiger partial charge in [0.1, 0.15) is 12.6 Å². The van der Waals surface area contributed by atoms with E-state index >= 15 is 0 Å². The molecule has 0 fully saturated rings. The number of nitrogens with two attached hydrogens (primary N) is 1. The highest BCUT2D eigenvalue weighted by molar-refractivity contribution is 5.96. The molecule has 0 spiro atoms. The first-order chi connectivity index (χ1) is 20.4. The number of carboxylic acids is 2. The van der Waals surface area contributed by atoms with Gasteiger partial charge in [0.2, 0.25) is 5.91 Å². The highest BCUT2D eigenvalue weighted by Crippen LogP contribution is 2.44. The SMILES string of the molecule is CC(C)(CC(N)Cc1ccc(NC(=O)C(CCC(=O)O)NC(=O)OCC2c3ccccc3-c3ccccc32)cc1)C(=O)O. The Balaban J connectivity index is 1.36. The van der Waals surface area contributed by atoms with Gasteiger partial charge >= 0.3 is 18.0 Å². The molecular weight excluding hydrogens is 550 g/mol. The number of ether oxygens (including phenoxy) is 1. The standard InChI is InChI=1S/C33H37N3O7/c1-33(2,31(40)41)18-21(34)17-20-11-13-22(14-12-20)35-30(39)28(15-16-29(37)38)36-32(42)43-19-27-25-9-5-3-7-23(25)24-8-4-6-10-26(24)27/h3-14,21,27-28H,15-19,34H2,1-2H3,(H,35,39)(H,36,42)(H,37,38)(H,40,41). The number of nitrogens with one attached hydrogen (secondary N) is 2. The van der Waals surface area contributed by atoms with Gasteiger partial charge in [-0.3, -0.25) is 14.4 Å². The van der Waals surface area contributed by atoms with E-state index in [0.717, 1.165) is 27.8 Å². The van der Waals surface area contributed by atoms with Crippen LogP contribution in [0.3, 0.4) is 0 Å². The minimum absolute atomic E-state index is 0.0559. The number of benzene rings is 3. The lowest BCUT2D eigenvalue weighted by Crippen LogP contribution is -2.44. The van der Waals surface area contributed by atoms with Crippen LogP contribution < -0.4 is 16.4 Å². The summed E-state index contributed by atoms with van der Waals surface area (Å²) in [5.74, 6) is -2.75. The molecule has 10 heteroatoms. The van der Waals surface area contributed by atoms with Gasteiger partial charge in [0.05, 0.1) is 5.41 Å². The molecule has 3 aromatic rings. The predicted octanol–water partition coefficient (Wildman–Crippen LogP) is 4.77. The normalized spacial score (nSPS) is 13.7. The summed E-state index contributed by atoms with van der Waals surface area (Å²) >= 11 is 0. The molecule has 2 atom stereocenters. The second-order valence-electron chi connectivity index (χ2n) is 11.5. The lowest BCUT2D eigenvalue weighted by molar-refractivity contribution is -0.147.